The highest BCUT2D eigenvalue weighted by Crippen LogP contribution is 2.30. The average Bonchev–Trinajstić information content (AvgIpc) is 3.05. The first-order valence-electron chi connectivity index (χ1n) is 10.1. The van der Waals surface area contributed by atoms with Crippen molar-refractivity contribution in [3.8, 4) is 0 Å². The van der Waals surface area contributed by atoms with Crippen molar-refractivity contribution in [1.29, 1.82) is 0 Å². The van der Waals surface area contributed by atoms with Crippen molar-refractivity contribution in [2.45, 2.75) is 20.0 Å². The predicted octanol–water partition coefficient (Wildman–Crippen LogP) is 4.63. The molecule has 1 aliphatic rings. The van der Waals surface area contributed by atoms with E-state index in [1.54, 1.807) is 36.4 Å². The molecule has 1 heterocycles. The smallest absolute Gasteiger partial charge is 0.338 e. The lowest BCUT2D eigenvalue weighted by molar-refractivity contribution is -0.123. The van der Waals surface area contributed by atoms with Gasteiger partial charge in [0.05, 0.1) is 22.4 Å². The maximum absolute atomic E-state index is 12.9. The van der Waals surface area contributed by atoms with Crippen LogP contribution in [-0.4, -0.2) is 29.8 Å². The van der Waals surface area contributed by atoms with Crippen LogP contribution in [0.5, 0.6) is 0 Å². The maximum atomic E-state index is 12.9. The van der Waals surface area contributed by atoms with Crippen LogP contribution >= 0.6 is 11.6 Å². The van der Waals surface area contributed by atoms with Gasteiger partial charge in [-0.05, 0) is 68.4 Å². The number of carbonyl (C=O) groups is 4. The summed E-state index contributed by atoms with van der Waals surface area (Å²) in [5.41, 5.74) is 2.32. The van der Waals surface area contributed by atoms with E-state index in [2.05, 4.69) is 5.32 Å². The molecule has 0 bridgehead atoms. The Hall–Kier alpha value is -3.97. The van der Waals surface area contributed by atoms with Crippen molar-refractivity contribution < 1.29 is 23.9 Å². The van der Waals surface area contributed by atoms with Gasteiger partial charge in [-0.1, -0.05) is 29.3 Å². The van der Waals surface area contributed by atoms with E-state index in [0.717, 1.165) is 10.5 Å². The van der Waals surface area contributed by atoms with Gasteiger partial charge < -0.3 is 10.1 Å². The number of halogens is 1. The van der Waals surface area contributed by atoms with Gasteiger partial charge in [0.1, 0.15) is 0 Å². The number of imide groups is 1. The molecule has 7 nitrogen and oxygen atoms in total. The van der Waals surface area contributed by atoms with E-state index in [4.69, 9.17) is 16.3 Å². The third-order valence-electron chi connectivity index (χ3n) is 5.18. The standard InChI is InChI=1S/C25H19ClN2O5/c1-14-3-8-18(9-4-14)27-22(29)15(2)33-25(32)16-5-12-20-21(13-16)24(31)28(23(20)30)19-10-6-17(26)7-11-19/h3-13,15H,1-2H3,(H,27,29). The second kappa shape index (κ2) is 8.88. The first kappa shape index (κ1) is 22.2. The molecule has 0 aliphatic carbocycles. The maximum Gasteiger partial charge on any atom is 0.338 e. The number of hydrogen-bond acceptors (Lipinski definition) is 5. The fraction of sp³-hybridized carbons (Fsp3) is 0.120. The Balaban J connectivity index is 1.48. The Kier molecular flexibility index (Phi) is 5.98. The molecule has 1 atom stereocenters. The number of amides is 3. The third-order valence-corrected chi connectivity index (χ3v) is 5.43. The van der Waals surface area contributed by atoms with Crippen LogP contribution < -0.4 is 10.2 Å². The zero-order chi connectivity index (χ0) is 23.7. The van der Waals surface area contributed by atoms with E-state index in [-0.39, 0.29) is 16.7 Å². The van der Waals surface area contributed by atoms with Crippen LogP contribution in [0.1, 0.15) is 43.6 Å². The highest BCUT2D eigenvalue weighted by molar-refractivity contribution is 6.35. The van der Waals surface area contributed by atoms with Crippen molar-refractivity contribution in [3.63, 3.8) is 0 Å². The zero-order valence-electron chi connectivity index (χ0n) is 17.8. The van der Waals surface area contributed by atoms with Gasteiger partial charge >= 0.3 is 5.97 Å². The summed E-state index contributed by atoms with van der Waals surface area (Å²) in [6.07, 6.45) is -1.07. The van der Waals surface area contributed by atoms with Crippen molar-refractivity contribution in [2.75, 3.05) is 10.2 Å². The predicted molar refractivity (Wildman–Crippen MR) is 124 cm³/mol. The molecule has 1 N–H and O–H groups in total. The van der Waals surface area contributed by atoms with Crippen LogP contribution in [0.3, 0.4) is 0 Å². The summed E-state index contributed by atoms with van der Waals surface area (Å²) in [5, 5.41) is 3.15. The molecule has 1 unspecified atom stereocenters. The van der Waals surface area contributed by atoms with E-state index < -0.39 is 29.8 Å². The Labute approximate surface area is 194 Å². The van der Waals surface area contributed by atoms with Crippen LogP contribution in [0, 0.1) is 6.92 Å². The zero-order valence-corrected chi connectivity index (χ0v) is 18.6. The van der Waals surface area contributed by atoms with Gasteiger partial charge in [0.15, 0.2) is 6.10 Å². The molecule has 0 radical (unpaired) electrons. The van der Waals surface area contributed by atoms with Crippen molar-refractivity contribution in [3.05, 3.63) is 94.0 Å². The first-order chi connectivity index (χ1) is 15.7. The Morgan fingerprint density at radius 3 is 2.21 bits per heavy atom. The number of rotatable bonds is 5. The summed E-state index contributed by atoms with van der Waals surface area (Å²) in [6.45, 7) is 3.38. The molecule has 0 saturated carbocycles. The van der Waals surface area contributed by atoms with Gasteiger partial charge in [-0.25, -0.2) is 9.69 Å². The molecular weight excluding hydrogens is 444 g/mol. The van der Waals surface area contributed by atoms with Gasteiger partial charge in [0, 0.05) is 10.7 Å². The number of fused-ring (bicyclic) bond motifs is 1. The normalized spacial score (nSPS) is 13.5. The average molecular weight is 463 g/mol. The minimum Gasteiger partial charge on any atom is -0.449 e. The van der Waals surface area contributed by atoms with Crippen LogP contribution in [0.15, 0.2) is 66.7 Å². The quantitative estimate of drug-likeness (QED) is 0.440. The number of nitrogens with one attached hydrogen (secondary N) is 1. The van der Waals surface area contributed by atoms with Gasteiger partial charge in [0.2, 0.25) is 0 Å². The molecule has 0 spiro atoms. The molecule has 166 valence electrons. The van der Waals surface area contributed by atoms with E-state index in [1.165, 1.54) is 25.1 Å². The Bertz CT molecular complexity index is 1270. The summed E-state index contributed by atoms with van der Waals surface area (Å²) >= 11 is 5.88. The van der Waals surface area contributed by atoms with Gasteiger partial charge in [0.25, 0.3) is 17.7 Å². The lowest BCUT2D eigenvalue weighted by Crippen LogP contribution is -2.30. The molecule has 0 saturated heterocycles. The number of benzene rings is 3. The summed E-state index contributed by atoms with van der Waals surface area (Å²) in [7, 11) is 0. The Morgan fingerprint density at radius 1 is 0.909 bits per heavy atom. The molecule has 3 aromatic rings. The fourth-order valence-corrected chi connectivity index (χ4v) is 3.48. The third kappa shape index (κ3) is 4.49. The highest BCUT2D eigenvalue weighted by Gasteiger charge is 2.37. The van der Waals surface area contributed by atoms with Gasteiger partial charge in [-0.15, -0.1) is 0 Å². The van der Waals surface area contributed by atoms with E-state index in [0.29, 0.717) is 16.4 Å². The number of ether oxygens (including phenoxy) is 1. The first-order valence-corrected chi connectivity index (χ1v) is 10.5. The minimum atomic E-state index is -1.07. The Morgan fingerprint density at radius 2 is 1.55 bits per heavy atom. The fourth-order valence-electron chi connectivity index (χ4n) is 3.36. The largest absolute Gasteiger partial charge is 0.449 e. The molecule has 8 heteroatoms. The molecule has 3 amide bonds. The molecular formula is C25H19ClN2O5. The molecule has 4 rings (SSSR count). The summed E-state index contributed by atoms with van der Waals surface area (Å²) in [5.74, 6) is -2.33. The van der Waals surface area contributed by atoms with Crippen LogP contribution in [0.4, 0.5) is 11.4 Å². The van der Waals surface area contributed by atoms with E-state index in [1.807, 2.05) is 19.1 Å². The monoisotopic (exact) mass is 462 g/mol. The van der Waals surface area contributed by atoms with Crippen molar-refractivity contribution in [2.24, 2.45) is 0 Å². The van der Waals surface area contributed by atoms with Crippen LogP contribution in [0.25, 0.3) is 0 Å². The number of hydrogen-bond donors (Lipinski definition) is 1. The number of nitrogens with zero attached hydrogens (tertiary/aromatic N) is 1. The SMILES string of the molecule is Cc1ccc(NC(=O)C(C)OC(=O)c2ccc3c(c2)C(=O)N(c2ccc(Cl)cc2)C3=O)cc1. The topological polar surface area (TPSA) is 92.8 Å². The van der Waals surface area contributed by atoms with Crippen LogP contribution in [0.2, 0.25) is 5.02 Å². The lowest BCUT2D eigenvalue weighted by atomic mass is 10.1. The molecule has 0 fully saturated rings. The summed E-state index contributed by atoms with van der Waals surface area (Å²) in [4.78, 5) is 51.6. The molecule has 1 aliphatic heterocycles. The minimum absolute atomic E-state index is 0.0582. The lowest BCUT2D eigenvalue weighted by Gasteiger charge is -2.14. The van der Waals surface area contributed by atoms with E-state index >= 15 is 0 Å². The molecule has 0 aromatic heterocycles. The number of aryl methyl sites for hydroxylation is 1. The van der Waals surface area contributed by atoms with Crippen molar-refractivity contribution in [1.82, 2.24) is 0 Å². The number of anilines is 2. The molecule has 3 aromatic carbocycles. The molecule has 33 heavy (non-hydrogen) atoms. The number of esters is 1. The van der Waals surface area contributed by atoms with Crippen LogP contribution in [-0.2, 0) is 9.53 Å². The summed E-state index contributed by atoms with van der Waals surface area (Å²) < 4.78 is 5.27. The summed E-state index contributed by atoms with van der Waals surface area (Å²) in [6, 6.07) is 17.6. The second-order valence-corrected chi connectivity index (χ2v) is 8.02. The van der Waals surface area contributed by atoms with Crippen molar-refractivity contribution >= 4 is 46.7 Å². The highest BCUT2D eigenvalue weighted by atomic mass is 35.5. The van der Waals surface area contributed by atoms with E-state index in [9.17, 15) is 19.2 Å². The second-order valence-electron chi connectivity index (χ2n) is 7.59. The van der Waals surface area contributed by atoms with Gasteiger partial charge in [-0.2, -0.15) is 0 Å². The number of carbonyl (C=O) groups excluding carboxylic acids is 4. The van der Waals surface area contributed by atoms with Gasteiger partial charge in [-0.3, -0.25) is 14.4 Å².